The monoisotopic (exact) mass is 261 g/mol. The largest absolute Gasteiger partial charge is 0.324 e. The van der Waals surface area contributed by atoms with Gasteiger partial charge in [0.15, 0.2) is 0 Å². The summed E-state index contributed by atoms with van der Waals surface area (Å²) in [6.45, 7) is 2.13. The van der Waals surface area contributed by atoms with E-state index >= 15 is 0 Å². The molecule has 2 aliphatic heterocycles. The maximum Gasteiger partial charge on any atom is 0.246 e. The lowest BCUT2D eigenvalue weighted by Gasteiger charge is -2.02. The molecule has 5 nitrogen and oxygen atoms in total. The molecule has 0 spiro atoms. The number of amides is 1. The third-order valence-corrected chi connectivity index (χ3v) is 2.83. The van der Waals surface area contributed by atoms with Gasteiger partial charge in [0.05, 0.1) is 6.61 Å². The van der Waals surface area contributed by atoms with Gasteiger partial charge in [-0.15, -0.1) is 0 Å². The molecule has 1 aromatic carbocycles. The molecule has 0 bridgehead atoms. The predicted molar refractivity (Wildman–Crippen MR) is 75.3 cm³/mol. The Morgan fingerprint density at radius 2 is 2.05 bits per heavy atom. The molecule has 19 heavy (non-hydrogen) atoms. The van der Waals surface area contributed by atoms with Gasteiger partial charge in [-0.05, 0) is 25.3 Å². The van der Waals surface area contributed by atoms with Crippen molar-refractivity contribution < 1.29 is 9.63 Å². The molecule has 1 fully saturated rings. The number of aliphatic imine (C=N–C) groups is 1. The number of carbonyl (C=O) groups is 1. The van der Waals surface area contributed by atoms with Gasteiger partial charge in [-0.2, -0.15) is 0 Å². The Labute approximate surface area is 113 Å². The second kappa shape index (κ2) is 7.66. The van der Waals surface area contributed by atoms with Crippen molar-refractivity contribution in [2.24, 2.45) is 4.99 Å². The molecule has 2 aliphatic rings. The van der Waals surface area contributed by atoms with Crippen molar-refractivity contribution in [1.29, 1.82) is 0 Å². The number of fused-ring (bicyclic) bond motifs is 1. The quantitative estimate of drug-likeness (QED) is 0.748. The maximum absolute atomic E-state index is 11.0. The van der Waals surface area contributed by atoms with Gasteiger partial charge in [0.25, 0.3) is 0 Å². The normalized spacial score (nSPS) is 18.2. The molecule has 0 aliphatic carbocycles. The number of anilines is 1. The first-order chi connectivity index (χ1) is 9.36. The van der Waals surface area contributed by atoms with E-state index in [1.54, 1.807) is 6.21 Å². The smallest absolute Gasteiger partial charge is 0.246 e. The van der Waals surface area contributed by atoms with E-state index < -0.39 is 0 Å². The molecular formula is C14H19N3O2. The van der Waals surface area contributed by atoms with Crippen molar-refractivity contribution in [1.82, 2.24) is 5.48 Å². The summed E-state index contributed by atoms with van der Waals surface area (Å²) >= 11 is 0. The SMILES string of the molecule is C1CCNOCC1.O=C1CN=Cc2ccccc2N1. The highest BCUT2D eigenvalue weighted by Gasteiger charge is 2.07. The van der Waals surface area contributed by atoms with Crippen molar-refractivity contribution in [2.75, 3.05) is 25.0 Å². The third-order valence-electron chi connectivity index (χ3n) is 2.83. The van der Waals surface area contributed by atoms with E-state index in [0.717, 1.165) is 24.4 Å². The van der Waals surface area contributed by atoms with Crippen LogP contribution in [0.4, 0.5) is 5.69 Å². The molecule has 102 valence electrons. The molecule has 2 heterocycles. The average molecular weight is 261 g/mol. The minimum Gasteiger partial charge on any atom is -0.324 e. The summed E-state index contributed by atoms with van der Waals surface area (Å²) in [5.41, 5.74) is 4.65. The van der Waals surface area contributed by atoms with E-state index in [-0.39, 0.29) is 12.5 Å². The summed E-state index contributed by atoms with van der Waals surface area (Å²) in [5.74, 6) is -0.0591. The van der Waals surface area contributed by atoms with E-state index in [1.807, 2.05) is 24.3 Å². The van der Waals surface area contributed by atoms with Gasteiger partial charge in [-0.1, -0.05) is 18.2 Å². The molecule has 2 N–H and O–H groups in total. The van der Waals surface area contributed by atoms with Gasteiger partial charge < -0.3 is 10.2 Å². The molecular weight excluding hydrogens is 242 g/mol. The topological polar surface area (TPSA) is 62.7 Å². The first kappa shape index (κ1) is 13.7. The summed E-state index contributed by atoms with van der Waals surface area (Å²) in [7, 11) is 0. The molecule has 0 saturated carbocycles. The van der Waals surface area contributed by atoms with Crippen molar-refractivity contribution in [3.8, 4) is 0 Å². The van der Waals surface area contributed by atoms with Crippen molar-refractivity contribution >= 4 is 17.8 Å². The number of hydroxylamine groups is 1. The van der Waals surface area contributed by atoms with Crippen LogP contribution in [0, 0.1) is 0 Å². The maximum atomic E-state index is 11.0. The highest BCUT2D eigenvalue weighted by atomic mass is 16.6. The summed E-state index contributed by atoms with van der Waals surface area (Å²) in [6.07, 6.45) is 5.51. The van der Waals surface area contributed by atoms with Crippen molar-refractivity contribution in [3.05, 3.63) is 29.8 Å². The number of rotatable bonds is 0. The number of benzodiazepines with no additional fused rings is 1. The summed E-state index contributed by atoms with van der Waals surface area (Å²) in [6, 6.07) is 7.59. The first-order valence-electron chi connectivity index (χ1n) is 6.59. The Balaban J connectivity index is 0.000000163. The first-order valence-corrected chi connectivity index (χ1v) is 6.59. The van der Waals surface area contributed by atoms with Crippen LogP contribution in [0.1, 0.15) is 24.8 Å². The second-order valence-corrected chi connectivity index (χ2v) is 4.41. The highest BCUT2D eigenvalue weighted by molar-refractivity contribution is 6.01. The molecule has 1 saturated heterocycles. The molecule has 1 amide bonds. The Morgan fingerprint density at radius 3 is 3.00 bits per heavy atom. The van der Waals surface area contributed by atoms with Crippen molar-refractivity contribution in [2.45, 2.75) is 19.3 Å². The number of benzene rings is 1. The van der Waals surface area contributed by atoms with Gasteiger partial charge in [0.1, 0.15) is 6.54 Å². The number of hydrogen-bond donors (Lipinski definition) is 2. The van der Waals surface area contributed by atoms with Gasteiger partial charge in [0.2, 0.25) is 5.91 Å². The Kier molecular flexibility index (Phi) is 5.52. The highest BCUT2D eigenvalue weighted by Crippen LogP contribution is 2.14. The zero-order valence-corrected chi connectivity index (χ0v) is 10.9. The van der Waals surface area contributed by atoms with Crippen molar-refractivity contribution in [3.63, 3.8) is 0 Å². The van der Waals surface area contributed by atoms with E-state index in [2.05, 4.69) is 15.8 Å². The second-order valence-electron chi connectivity index (χ2n) is 4.41. The van der Waals surface area contributed by atoms with E-state index in [9.17, 15) is 4.79 Å². The van der Waals surface area contributed by atoms with Crippen LogP contribution in [0.15, 0.2) is 29.3 Å². The third kappa shape index (κ3) is 4.81. The fraction of sp³-hybridized carbons (Fsp3) is 0.429. The lowest BCUT2D eigenvalue weighted by Crippen LogP contribution is -2.13. The minimum absolute atomic E-state index is 0.0591. The zero-order valence-electron chi connectivity index (χ0n) is 10.9. The van der Waals surface area contributed by atoms with Gasteiger partial charge in [-0.25, -0.2) is 5.48 Å². The number of nitrogens with one attached hydrogen (secondary N) is 2. The summed E-state index contributed by atoms with van der Waals surface area (Å²) < 4.78 is 0. The van der Waals surface area contributed by atoms with Crippen LogP contribution >= 0.6 is 0 Å². The lowest BCUT2D eigenvalue weighted by atomic mass is 10.2. The van der Waals surface area contributed by atoms with E-state index in [1.165, 1.54) is 19.3 Å². The van der Waals surface area contributed by atoms with Gasteiger partial charge in [-0.3, -0.25) is 9.79 Å². The van der Waals surface area contributed by atoms with Crippen LogP contribution in [0.3, 0.4) is 0 Å². The fourth-order valence-corrected chi connectivity index (χ4v) is 1.83. The summed E-state index contributed by atoms with van der Waals surface area (Å²) in [5, 5.41) is 2.76. The molecule has 0 unspecified atom stereocenters. The molecule has 1 aromatic rings. The predicted octanol–water partition coefficient (Wildman–Crippen LogP) is 1.75. The van der Waals surface area contributed by atoms with Crippen LogP contribution in [-0.4, -0.2) is 31.8 Å². The van der Waals surface area contributed by atoms with Crippen LogP contribution in [0.2, 0.25) is 0 Å². The van der Waals surface area contributed by atoms with Crippen LogP contribution in [0.5, 0.6) is 0 Å². The molecule has 3 rings (SSSR count). The van der Waals surface area contributed by atoms with Crippen LogP contribution in [-0.2, 0) is 9.63 Å². The number of para-hydroxylation sites is 1. The summed E-state index contributed by atoms with van der Waals surface area (Å²) in [4.78, 5) is 19.9. The van der Waals surface area contributed by atoms with Crippen LogP contribution < -0.4 is 10.8 Å². The van der Waals surface area contributed by atoms with E-state index in [0.29, 0.717) is 0 Å². The Hall–Kier alpha value is -1.72. The standard InChI is InChI=1S/C9H8N2O.C5H11NO/c12-9-6-10-5-7-3-1-2-4-8(7)11-9;1-2-4-6-7-5-3-1/h1-5H,6H2,(H,11,12);6H,1-5H2. The van der Waals surface area contributed by atoms with Gasteiger partial charge in [0, 0.05) is 24.0 Å². The van der Waals surface area contributed by atoms with Crippen LogP contribution in [0.25, 0.3) is 0 Å². The lowest BCUT2D eigenvalue weighted by molar-refractivity contribution is -0.114. The molecule has 0 aromatic heterocycles. The number of nitrogens with zero attached hydrogens (tertiary/aromatic N) is 1. The average Bonchev–Trinajstić information content (AvgIpc) is 2.81. The Morgan fingerprint density at radius 1 is 1.16 bits per heavy atom. The molecule has 5 heteroatoms. The van der Waals surface area contributed by atoms with Gasteiger partial charge >= 0.3 is 0 Å². The zero-order chi connectivity index (χ0) is 13.3. The Bertz CT molecular complexity index is 426. The minimum atomic E-state index is -0.0591. The number of carbonyl (C=O) groups excluding carboxylic acids is 1. The molecule has 0 radical (unpaired) electrons. The number of hydrogen-bond acceptors (Lipinski definition) is 4. The molecule has 0 atom stereocenters. The van der Waals surface area contributed by atoms with E-state index in [4.69, 9.17) is 4.84 Å². The fourth-order valence-electron chi connectivity index (χ4n) is 1.83.